The van der Waals surface area contributed by atoms with Crippen molar-refractivity contribution in [2.24, 2.45) is 0 Å². The minimum absolute atomic E-state index is 0.207. The van der Waals surface area contributed by atoms with Crippen LogP contribution in [0, 0.1) is 11.6 Å². The monoisotopic (exact) mass is 331 g/mol. The fourth-order valence-corrected chi connectivity index (χ4v) is 2.84. The summed E-state index contributed by atoms with van der Waals surface area (Å²) in [6.45, 7) is 0.621. The molecule has 0 saturated heterocycles. The third-order valence-corrected chi connectivity index (χ3v) is 4.15. The average Bonchev–Trinajstić information content (AvgIpc) is 2.60. The van der Waals surface area contributed by atoms with Crippen molar-refractivity contribution in [2.45, 2.75) is 32.1 Å². The first-order chi connectivity index (χ1) is 11.6. The molecule has 0 bridgehead atoms. The second-order valence-electron chi connectivity index (χ2n) is 5.83. The highest BCUT2D eigenvalue weighted by atomic mass is 19.2. The van der Waals surface area contributed by atoms with E-state index in [4.69, 9.17) is 0 Å². The van der Waals surface area contributed by atoms with E-state index in [-0.39, 0.29) is 17.1 Å². The molecule has 0 spiro atoms. The number of nitrogens with one attached hydrogen (secondary N) is 1. The lowest BCUT2D eigenvalue weighted by Crippen LogP contribution is -2.23. The van der Waals surface area contributed by atoms with Gasteiger partial charge in [-0.3, -0.25) is 9.36 Å². The van der Waals surface area contributed by atoms with Gasteiger partial charge >= 0.3 is 0 Å². The number of nitrogens with zero attached hydrogens (tertiary/aromatic N) is 2. The largest absolute Gasteiger partial charge is 0.365 e. The molecule has 1 aliphatic carbocycles. The summed E-state index contributed by atoms with van der Waals surface area (Å²) in [4.78, 5) is 16.5. The SMILES string of the molecule is O=c1c(NCCC2=CCCCC2)nccn1-c1ccc(F)c(F)c1. The van der Waals surface area contributed by atoms with Crippen LogP contribution in [0.4, 0.5) is 14.6 Å². The van der Waals surface area contributed by atoms with Crippen LogP contribution in [0.25, 0.3) is 5.69 Å². The maximum Gasteiger partial charge on any atom is 0.297 e. The van der Waals surface area contributed by atoms with Gasteiger partial charge in [0.2, 0.25) is 0 Å². The summed E-state index contributed by atoms with van der Waals surface area (Å²) in [7, 11) is 0. The molecule has 1 heterocycles. The highest BCUT2D eigenvalue weighted by molar-refractivity contribution is 5.38. The van der Waals surface area contributed by atoms with Crippen molar-refractivity contribution in [1.82, 2.24) is 9.55 Å². The van der Waals surface area contributed by atoms with Crippen molar-refractivity contribution in [3.63, 3.8) is 0 Å². The van der Waals surface area contributed by atoms with Crippen molar-refractivity contribution >= 4 is 5.82 Å². The number of benzene rings is 1. The van der Waals surface area contributed by atoms with E-state index in [1.165, 1.54) is 41.4 Å². The summed E-state index contributed by atoms with van der Waals surface area (Å²) in [5, 5.41) is 3.04. The zero-order valence-corrected chi connectivity index (χ0v) is 13.3. The first-order valence-electron chi connectivity index (χ1n) is 8.10. The second-order valence-corrected chi connectivity index (χ2v) is 5.83. The molecule has 0 radical (unpaired) electrons. The number of hydrogen-bond acceptors (Lipinski definition) is 3. The Morgan fingerprint density at radius 3 is 2.83 bits per heavy atom. The lowest BCUT2D eigenvalue weighted by atomic mass is 9.97. The summed E-state index contributed by atoms with van der Waals surface area (Å²) in [5.41, 5.74) is 1.28. The first kappa shape index (κ1) is 16.4. The third-order valence-electron chi connectivity index (χ3n) is 4.15. The number of allylic oxidation sites excluding steroid dienone is 1. The van der Waals surface area contributed by atoms with E-state index in [1.54, 1.807) is 0 Å². The standard InChI is InChI=1S/C18H19F2N3O/c19-15-7-6-14(12-16(15)20)23-11-10-22-17(18(23)24)21-9-8-13-4-2-1-3-5-13/h4,6-7,10-12H,1-3,5,8-9H2,(H,21,22). The molecular weight excluding hydrogens is 312 g/mol. The van der Waals surface area contributed by atoms with Crippen molar-refractivity contribution in [3.05, 3.63) is 64.2 Å². The maximum absolute atomic E-state index is 13.4. The number of anilines is 1. The van der Waals surface area contributed by atoms with Gasteiger partial charge in [-0.25, -0.2) is 13.8 Å². The molecule has 0 unspecified atom stereocenters. The third kappa shape index (κ3) is 3.69. The van der Waals surface area contributed by atoms with Crippen LogP contribution in [0.3, 0.4) is 0 Å². The van der Waals surface area contributed by atoms with Crippen molar-refractivity contribution < 1.29 is 8.78 Å². The van der Waals surface area contributed by atoms with Crippen molar-refractivity contribution in [2.75, 3.05) is 11.9 Å². The molecule has 1 aromatic heterocycles. The Morgan fingerprint density at radius 1 is 1.21 bits per heavy atom. The molecule has 126 valence electrons. The van der Waals surface area contributed by atoms with Crippen LogP contribution in [0.15, 0.2) is 47.0 Å². The smallest absolute Gasteiger partial charge is 0.297 e. The molecule has 0 amide bonds. The molecule has 24 heavy (non-hydrogen) atoms. The Kier molecular flexibility index (Phi) is 5.03. The molecule has 3 rings (SSSR count). The van der Waals surface area contributed by atoms with Crippen LogP contribution in [-0.4, -0.2) is 16.1 Å². The van der Waals surface area contributed by atoms with Gasteiger partial charge in [0.15, 0.2) is 17.5 Å². The number of hydrogen-bond donors (Lipinski definition) is 1. The Bertz CT molecular complexity index is 814. The van der Waals surface area contributed by atoms with Crippen LogP contribution in [0.5, 0.6) is 0 Å². The van der Waals surface area contributed by atoms with E-state index in [1.807, 2.05) is 0 Å². The van der Waals surface area contributed by atoms with Crippen LogP contribution in [0.1, 0.15) is 32.1 Å². The predicted molar refractivity (Wildman–Crippen MR) is 89.4 cm³/mol. The van der Waals surface area contributed by atoms with Gasteiger partial charge in [0.25, 0.3) is 5.56 Å². The molecule has 2 aromatic rings. The van der Waals surface area contributed by atoms with E-state index in [0.29, 0.717) is 6.54 Å². The molecule has 0 saturated carbocycles. The molecule has 6 heteroatoms. The fraction of sp³-hybridized carbons (Fsp3) is 0.333. The van der Waals surface area contributed by atoms with Gasteiger partial charge in [-0.1, -0.05) is 11.6 Å². The molecule has 4 nitrogen and oxygen atoms in total. The van der Waals surface area contributed by atoms with Crippen LogP contribution < -0.4 is 10.9 Å². The van der Waals surface area contributed by atoms with Gasteiger partial charge in [-0.2, -0.15) is 0 Å². The Balaban J connectivity index is 1.74. The Hall–Kier alpha value is -2.50. The molecule has 0 aliphatic heterocycles. The Labute approximate surface area is 138 Å². The Morgan fingerprint density at radius 2 is 2.08 bits per heavy atom. The van der Waals surface area contributed by atoms with Gasteiger partial charge in [0, 0.05) is 25.0 Å². The number of halogens is 2. The quantitative estimate of drug-likeness (QED) is 0.848. The van der Waals surface area contributed by atoms with Gasteiger partial charge in [0.1, 0.15) is 0 Å². The second kappa shape index (κ2) is 7.38. The molecule has 1 N–H and O–H groups in total. The van der Waals surface area contributed by atoms with Gasteiger partial charge in [0.05, 0.1) is 5.69 Å². The van der Waals surface area contributed by atoms with Crippen LogP contribution in [0.2, 0.25) is 0 Å². The first-order valence-corrected chi connectivity index (χ1v) is 8.10. The zero-order valence-electron chi connectivity index (χ0n) is 13.3. The molecule has 1 aliphatic rings. The molecule has 0 fully saturated rings. The van der Waals surface area contributed by atoms with E-state index in [9.17, 15) is 13.6 Å². The van der Waals surface area contributed by atoms with Crippen molar-refractivity contribution in [3.8, 4) is 5.69 Å². The highest BCUT2D eigenvalue weighted by Crippen LogP contribution is 2.19. The van der Waals surface area contributed by atoms with E-state index >= 15 is 0 Å². The van der Waals surface area contributed by atoms with E-state index < -0.39 is 11.6 Å². The minimum Gasteiger partial charge on any atom is -0.365 e. The lowest BCUT2D eigenvalue weighted by Gasteiger charge is -2.13. The van der Waals surface area contributed by atoms with Gasteiger partial charge < -0.3 is 5.32 Å². The lowest BCUT2D eigenvalue weighted by molar-refractivity contribution is 0.508. The normalized spacial score (nSPS) is 14.3. The summed E-state index contributed by atoms with van der Waals surface area (Å²) in [6, 6.07) is 3.35. The van der Waals surface area contributed by atoms with Crippen LogP contribution in [-0.2, 0) is 0 Å². The summed E-state index contributed by atoms with van der Waals surface area (Å²) < 4.78 is 27.7. The molecule has 1 aromatic carbocycles. The van der Waals surface area contributed by atoms with Gasteiger partial charge in [-0.05, 0) is 44.2 Å². The van der Waals surface area contributed by atoms with E-state index in [0.717, 1.165) is 31.4 Å². The molecular formula is C18H19F2N3O. The fourth-order valence-electron chi connectivity index (χ4n) is 2.84. The molecule has 0 atom stereocenters. The average molecular weight is 331 g/mol. The minimum atomic E-state index is -0.991. The zero-order chi connectivity index (χ0) is 16.9. The van der Waals surface area contributed by atoms with Gasteiger partial charge in [-0.15, -0.1) is 0 Å². The topological polar surface area (TPSA) is 46.9 Å². The van der Waals surface area contributed by atoms with Crippen LogP contribution >= 0.6 is 0 Å². The highest BCUT2D eigenvalue weighted by Gasteiger charge is 2.09. The van der Waals surface area contributed by atoms with E-state index in [2.05, 4.69) is 16.4 Å². The number of rotatable bonds is 5. The number of aromatic nitrogens is 2. The van der Waals surface area contributed by atoms with Crippen molar-refractivity contribution in [1.29, 1.82) is 0 Å². The summed E-state index contributed by atoms with van der Waals surface area (Å²) in [5.74, 6) is -1.73. The summed E-state index contributed by atoms with van der Waals surface area (Å²) in [6.07, 6.45) is 10.7. The predicted octanol–water partition coefficient (Wildman–Crippen LogP) is 3.81. The maximum atomic E-state index is 13.4. The summed E-state index contributed by atoms with van der Waals surface area (Å²) >= 11 is 0.